The molecule has 0 radical (unpaired) electrons. The van der Waals surface area contributed by atoms with E-state index in [9.17, 15) is 4.79 Å². The molecule has 0 bridgehead atoms. The summed E-state index contributed by atoms with van der Waals surface area (Å²) in [7, 11) is 0. The molecule has 0 rings (SSSR count). The van der Waals surface area contributed by atoms with Gasteiger partial charge in [0.1, 0.15) is 0 Å². The molecule has 0 aliphatic carbocycles. The van der Waals surface area contributed by atoms with Gasteiger partial charge in [-0.25, -0.2) is 4.79 Å². The van der Waals surface area contributed by atoms with E-state index in [0.29, 0.717) is 0 Å². The highest BCUT2D eigenvalue weighted by Crippen LogP contribution is 2.40. The van der Waals surface area contributed by atoms with Crippen LogP contribution in [0.1, 0.15) is 60.8 Å². The summed E-state index contributed by atoms with van der Waals surface area (Å²) in [4.78, 5) is 15.6. The second-order valence-corrected chi connectivity index (χ2v) is 6.47. The maximum absolute atomic E-state index is 11.6. The second-order valence-electron chi connectivity index (χ2n) is 6.47. The van der Waals surface area contributed by atoms with Crippen molar-refractivity contribution in [3.05, 3.63) is 0 Å². The van der Waals surface area contributed by atoms with Crippen molar-refractivity contribution in [3.8, 4) is 0 Å². The van der Waals surface area contributed by atoms with E-state index >= 15 is 0 Å². The van der Waals surface area contributed by atoms with Crippen LogP contribution in [0.3, 0.4) is 0 Å². The topological polar surface area (TPSA) is 46.5 Å². The molecule has 0 saturated carbocycles. The molecule has 0 aromatic heterocycles. The normalized spacial score (nSPS) is 14.7. The Hall–Kier alpha value is -0.570. The van der Waals surface area contributed by atoms with Crippen LogP contribution in [0.4, 0.5) is 0 Å². The van der Waals surface area contributed by atoms with Crippen molar-refractivity contribution in [2.45, 2.75) is 60.8 Å². The minimum absolute atomic E-state index is 0.0455. The summed E-state index contributed by atoms with van der Waals surface area (Å²) in [5.74, 6) is -0.758. The van der Waals surface area contributed by atoms with Gasteiger partial charge in [-0.1, -0.05) is 48.0 Å². The molecule has 16 heavy (non-hydrogen) atoms. The second kappa shape index (κ2) is 5.67. The molecule has 3 heteroatoms. The van der Waals surface area contributed by atoms with E-state index < -0.39 is 5.97 Å². The zero-order valence-electron chi connectivity index (χ0n) is 11.5. The van der Waals surface area contributed by atoms with Crippen molar-refractivity contribution in [3.63, 3.8) is 0 Å². The molecule has 0 amide bonds. The molecule has 0 saturated heterocycles. The number of carbonyl (C=O) groups excluding carboxylic acids is 1. The van der Waals surface area contributed by atoms with Crippen LogP contribution in [0, 0.1) is 16.7 Å². The largest absolute Gasteiger partial charge is 0.345 e. The van der Waals surface area contributed by atoms with Crippen molar-refractivity contribution < 1.29 is 14.9 Å². The van der Waals surface area contributed by atoms with Crippen LogP contribution < -0.4 is 0 Å². The van der Waals surface area contributed by atoms with Crippen LogP contribution in [0.2, 0.25) is 0 Å². The third-order valence-corrected chi connectivity index (χ3v) is 3.03. The van der Waals surface area contributed by atoms with E-state index in [1.165, 1.54) is 0 Å². The minimum atomic E-state index is -0.506. The van der Waals surface area contributed by atoms with Gasteiger partial charge < -0.3 is 4.89 Å². The Labute approximate surface area is 99.1 Å². The molecule has 0 fully saturated rings. The monoisotopic (exact) mass is 230 g/mol. The maximum Gasteiger partial charge on any atom is 0.345 e. The lowest BCUT2D eigenvalue weighted by molar-refractivity contribution is -0.243. The molecule has 1 atom stereocenters. The van der Waals surface area contributed by atoms with Gasteiger partial charge in [-0.05, 0) is 23.7 Å². The smallest absolute Gasteiger partial charge is 0.301 e. The van der Waals surface area contributed by atoms with Crippen molar-refractivity contribution >= 4 is 5.97 Å². The Kier molecular flexibility index (Phi) is 5.47. The molecule has 3 nitrogen and oxygen atoms in total. The highest BCUT2D eigenvalue weighted by Gasteiger charge is 2.38. The van der Waals surface area contributed by atoms with Crippen LogP contribution in [0.15, 0.2) is 0 Å². The van der Waals surface area contributed by atoms with Crippen molar-refractivity contribution in [1.82, 2.24) is 0 Å². The number of hydrogen-bond donors (Lipinski definition) is 1. The molecule has 0 aliphatic rings. The minimum Gasteiger partial charge on any atom is -0.301 e. The Bertz CT molecular complexity index is 226. The predicted molar refractivity (Wildman–Crippen MR) is 65.0 cm³/mol. The Morgan fingerprint density at radius 2 is 1.75 bits per heavy atom. The molecular weight excluding hydrogens is 204 g/mol. The highest BCUT2D eigenvalue weighted by molar-refractivity contribution is 5.72. The van der Waals surface area contributed by atoms with Gasteiger partial charge in [0.15, 0.2) is 0 Å². The summed E-state index contributed by atoms with van der Waals surface area (Å²) >= 11 is 0. The maximum atomic E-state index is 11.6. The molecule has 0 heterocycles. The van der Waals surface area contributed by atoms with Crippen LogP contribution in [0.25, 0.3) is 0 Å². The molecule has 0 aliphatic heterocycles. The average molecular weight is 230 g/mol. The van der Waals surface area contributed by atoms with Gasteiger partial charge in [0.05, 0.1) is 5.92 Å². The summed E-state index contributed by atoms with van der Waals surface area (Å²) in [6, 6.07) is 0. The van der Waals surface area contributed by atoms with E-state index in [-0.39, 0.29) is 16.7 Å². The van der Waals surface area contributed by atoms with Gasteiger partial charge >= 0.3 is 5.97 Å². The first-order valence-corrected chi connectivity index (χ1v) is 5.99. The van der Waals surface area contributed by atoms with E-state index in [0.717, 1.165) is 19.3 Å². The highest BCUT2D eigenvalue weighted by atomic mass is 17.1. The molecule has 0 aromatic carbocycles. The fourth-order valence-corrected chi connectivity index (χ4v) is 2.17. The third-order valence-electron chi connectivity index (χ3n) is 3.03. The van der Waals surface area contributed by atoms with Crippen LogP contribution in [-0.2, 0) is 9.68 Å². The van der Waals surface area contributed by atoms with Gasteiger partial charge in [0, 0.05) is 0 Å². The number of rotatable bonds is 5. The first-order valence-electron chi connectivity index (χ1n) is 5.99. The van der Waals surface area contributed by atoms with Crippen molar-refractivity contribution in [2.24, 2.45) is 16.7 Å². The number of hydrogen-bond acceptors (Lipinski definition) is 3. The lowest BCUT2D eigenvalue weighted by Gasteiger charge is -2.35. The molecule has 96 valence electrons. The average Bonchev–Trinajstić information content (AvgIpc) is 2.11. The Balaban J connectivity index is 4.87. The van der Waals surface area contributed by atoms with Gasteiger partial charge in [0.2, 0.25) is 0 Å². The molecule has 0 aromatic rings. The van der Waals surface area contributed by atoms with Crippen LogP contribution in [-0.4, -0.2) is 11.2 Å². The Morgan fingerprint density at radius 1 is 1.25 bits per heavy atom. The van der Waals surface area contributed by atoms with Crippen molar-refractivity contribution in [2.75, 3.05) is 0 Å². The SMILES string of the molecule is CCCC(C)(C)C(CC(C)(C)C)C(=O)OO. The fraction of sp³-hybridized carbons (Fsp3) is 0.923. The standard InChI is InChI=1S/C13H26O3/c1-7-8-13(5,6)10(11(14)16-15)9-12(2,3)4/h10,15H,7-9H2,1-6H3. The summed E-state index contributed by atoms with van der Waals surface area (Å²) < 4.78 is 0. The first kappa shape index (κ1) is 15.4. The quantitative estimate of drug-likeness (QED) is 0.576. The molecule has 1 N–H and O–H groups in total. The third kappa shape index (κ3) is 4.97. The van der Waals surface area contributed by atoms with E-state index in [2.05, 4.69) is 46.4 Å². The van der Waals surface area contributed by atoms with Gasteiger partial charge in [-0.3, -0.25) is 0 Å². The summed E-state index contributed by atoms with van der Waals surface area (Å²) in [6.07, 6.45) is 2.69. The summed E-state index contributed by atoms with van der Waals surface area (Å²) in [5.41, 5.74) is -0.0916. The molecular formula is C13H26O3. The lowest BCUT2D eigenvalue weighted by Crippen LogP contribution is -2.35. The van der Waals surface area contributed by atoms with Gasteiger partial charge in [0.25, 0.3) is 0 Å². The fourth-order valence-electron chi connectivity index (χ4n) is 2.17. The van der Waals surface area contributed by atoms with Gasteiger partial charge in [-0.15, -0.1) is 0 Å². The zero-order chi connectivity index (χ0) is 13.0. The van der Waals surface area contributed by atoms with E-state index in [1.54, 1.807) is 0 Å². The predicted octanol–water partition coefficient (Wildman–Crippen LogP) is 3.88. The molecule has 1 unspecified atom stereocenters. The van der Waals surface area contributed by atoms with E-state index in [4.69, 9.17) is 5.26 Å². The molecule has 0 spiro atoms. The summed E-state index contributed by atoms with van der Waals surface area (Å²) in [5, 5.41) is 8.58. The zero-order valence-corrected chi connectivity index (χ0v) is 11.5. The van der Waals surface area contributed by atoms with E-state index in [1.807, 2.05) is 0 Å². The van der Waals surface area contributed by atoms with Gasteiger partial charge in [-0.2, -0.15) is 5.26 Å². The first-order chi connectivity index (χ1) is 7.14. The number of carbonyl (C=O) groups is 1. The van der Waals surface area contributed by atoms with Crippen molar-refractivity contribution in [1.29, 1.82) is 0 Å². The van der Waals surface area contributed by atoms with Crippen LogP contribution in [0.5, 0.6) is 0 Å². The van der Waals surface area contributed by atoms with Crippen LogP contribution >= 0.6 is 0 Å². The lowest BCUT2D eigenvalue weighted by atomic mass is 9.69. The summed E-state index contributed by atoms with van der Waals surface area (Å²) in [6.45, 7) is 12.5. The Morgan fingerprint density at radius 3 is 2.06 bits per heavy atom.